The Morgan fingerprint density at radius 2 is 1.68 bits per heavy atom. The van der Waals surface area contributed by atoms with Crippen molar-refractivity contribution >= 4 is 44.3 Å². The summed E-state index contributed by atoms with van der Waals surface area (Å²) in [5, 5.41) is 3.66. The van der Waals surface area contributed by atoms with Crippen LogP contribution in [0.25, 0.3) is 0 Å². The van der Waals surface area contributed by atoms with Crippen molar-refractivity contribution in [1.82, 2.24) is 5.32 Å². The maximum atomic E-state index is 5.78. The summed E-state index contributed by atoms with van der Waals surface area (Å²) in [6.45, 7) is 14.8. The molecule has 0 atom stereocenters. The van der Waals surface area contributed by atoms with E-state index in [0.717, 1.165) is 27.7 Å². The van der Waals surface area contributed by atoms with Crippen LogP contribution in [-0.4, -0.2) is 12.1 Å². The van der Waals surface area contributed by atoms with Gasteiger partial charge in [-0.25, -0.2) is 0 Å². The number of benzene rings is 1. The van der Waals surface area contributed by atoms with Gasteiger partial charge in [0.05, 0.1) is 11.1 Å². The molecule has 0 heterocycles. The van der Waals surface area contributed by atoms with Gasteiger partial charge in [-0.1, -0.05) is 36.7 Å². The average Bonchev–Trinajstić information content (AvgIpc) is 2.27. The van der Waals surface area contributed by atoms with Crippen LogP contribution in [0.4, 0.5) is 0 Å². The molecule has 0 bridgehead atoms. The van der Waals surface area contributed by atoms with Crippen molar-refractivity contribution in [1.29, 1.82) is 0 Å². The lowest BCUT2D eigenvalue weighted by molar-refractivity contribution is 0.239. The van der Waals surface area contributed by atoms with Crippen LogP contribution in [0, 0.1) is 5.41 Å². The molecular formula is C17H28Br2ClNO. The highest BCUT2D eigenvalue weighted by Crippen LogP contribution is 2.34. The van der Waals surface area contributed by atoms with E-state index in [1.54, 1.807) is 0 Å². The Labute approximate surface area is 158 Å². The first-order valence-electron chi connectivity index (χ1n) is 7.40. The van der Waals surface area contributed by atoms with E-state index in [9.17, 15) is 0 Å². The van der Waals surface area contributed by atoms with Gasteiger partial charge >= 0.3 is 0 Å². The summed E-state index contributed by atoms with van der Waals surface area (Å²) in [6.07, 6.45) is 1.11. The standard InChI is InChI=1S/C17H27Br2NO.ClH/c1-7-21-15-12(8-13(18)9-14(15)19)10-20-17(5,6)11-16(2,3)4;/h8-9,20H,7,10-11H2,1-6H3;1H. The second-order valence-corrected chi connectivity index (χ2v) is 9.05. The van der Waals surface area contributed by atoms with Gasteiger partial charge in [0.1, 0.15) is 5.75 Å². The molecule has 0 aliphatic rings. The van der Waals surface area contributed by atoms with Gasteiger partial charge in [0.2, 0.25) is 0 Å². The molecule has 1 aromatic rings. The van der Waals surface area contributed by atoms with Crippen LogP contribution in [0.2, 0.25) is 0 Å². The Morgan fingerprint density at radius 1 is 1.09 bits per heavy atom. The van der Waals surface area contributed by atoms with Crippen LogP contribution < -0.4 is 10.1 Å². The molecule has 5 heteroatoms. The fraction of sp³-hybridized carbons (Fsp3) is 0.647. The Kier molecular flexibility index (Phi) is 9.00. The van der Waals surface area contributed by atoms with Crippen molar-refractivity contribution in [3.63, 3.8) is 0 Å². The van der Waals surface area contributed by atoms with E-state index in [1.165, 1.54) is 5.56 Å². The molecule has 1 N–H and O–H groups in total. The van der Waals surface area contributed by atoms with E-state index < -0.39 is 0 Å². The molecule has 0 saturated carbocycles. The summed E-state index contributed by atoms with van der Waals surface area (Å²) in [7, 11) is 0. The monoisotopic (exact) mass is 455 g/mol. The zero-order valence-electron chi connectivity index (χ0n) is 14.3. The van der Waals surface area contributed by atoms with Gasteiger partial charge in [-0.3, -0.25) is 0 Å². The lowest BCUT2D eigenvalue weighted by atomic mass is 9.82. The minimum atomic E-state index is 0. The smallest absolute Gasteiger partial charge is 0.138 e. The fourth-order valence-corrected chi connectivity index (χ4v) is 4.20. The van der Waals surface area contributed by atoms with E-state index in [-0.39, 0.29) is 17.9 Å². The third-order valence-electron chi connectivity index (χ3n) is 3.10. The molecule has 0 aliphatic carbocycles. The minimum Gasteiger partial charge on any atom is -0.492 e. The summed E-state index contributed by atoms with van der Waals surface area (Å²) >= 11 is 7.14. The molecule has 0 unspecified atom stereocenters. The first-order chi connectivity index (χ1) is 9.54. The molecule has 0 spiro atoms. The van der Waals surface area contributed by atoms with Crippen molar-refractivity contribution < 1.29 is 4.74 Å². The number of hydrogen-bond donors (Lipinski definition) is 1. The molecule has 0 saturated heterocycles. The van der Waals surface area contributed by atoms with Gasteiger partial charge in [0.25, 0.3) is 0 Å². The number of halogens is 3. The molecule has 0 amide bonds. The van der Waals surface area contributed by atoms with Crippen molar-refractivity contribution in [2.45, 2.75) is 60.0 Å². The van der Waals surface area contributed by atoms with Crippen LogP contribution in [0.3, 0.4) is 0 Å². The SMILES string of the molecule is CCOc1c(Br)cc(Br)cc1CNC(C)(C)CC(C)(C)C.Cl. The molecule has 1 rings (SSSR count). The number of nitrogens with one attached hydrogen (secondary N) is 1. The Balaban J connectivity index is 0.00000441. The predicted octanol–water partition coefficient (Wildman–Crippen LogP) is 6.34. The van der Waals surface area contributed by atoms with Gasteiger partial charge in [-0.2, -0.15) is 0 Å². The summed E-state index contributed by atoms with van der Waals surface area (Å²) in [5.74, 6) is 0.930. The largest absolute Gasteiger partial charge is 0.492 e. The molecule has 0 aromatic heterocycles. The lowest BCUT2D eigenvalue weighted by Gasteiger charge is -2.33. The third-order valence-corrected chi connectivity index (χ3v) is 4.15. The number of ether oxygens (including phenoxy) is 1. The van der Waals surface area contributed by atoms with E-state index in [4.69, 9.17) is 4.74 Å². The molecule has 128 valence electrons. The highest BCUT2D eigenvalue weighted by molar-refractivity contribution is 9.11. The first-order valence-corrected chi connectivity index (χ1v) is 8.98. The van der Waals surface area contributed by atoms with E-state index in [2.05, 4.69) is 77.9 Å². The second-order valence-electron chi connectivity index (χ2n) is 7.28. The van der Waals surface area contributed by atoms with Gasteiger partial charge in [-0.15, -0.1) is 12.4 Å². The maximum Gasteiger partial charge on any atom is 0.138 e. The molecule has 22 heavy (non-hydrogen) atoms. The van der Waals surface area contributed by atoms with E-state index in [1.807, 2.05) is 13.0 Å². The van der Waals surface area contributed by atoms with E-state index in [0.29, 0.717) is 12.0 Å². The third kappa shape index (κ3) is 7.67. The summed E-state index contributed by atoms with van der Waals surface area (Å²) < 4.78 is 7.83. The van der Waals surface area contributed by atoms with Gasteiger partial charge < -0.3 is 10.1 Å². The van der Waals surface area contributed by atoms with Crippen molar-refractivity contribution in [3.8, 4) is 5.75 Å². The van der Waals surface area contributed by atoms with Gasteiger partial charge in [0, 0.05) is 22.1 Å². The number of rotatable bonds is 6. The van der Waals surface area contributed by atoms with Crippen molar-refractivity contribution in [2.24, 2.45) is 5.41 Å². The Morgan fingerprint density at radius 3 is 2.18 bits per heavy atom. The quantitative estimate of drug-likeness (QED) is 0.538. The summed E-state index contributed by atoms with van der Waals surface area (Å²) in [5.41, 5.74) is 1.55. The predicted molar refractivity (Wildman–Crippen MR) is 105 cm³/mol. The van der Waals surface area contributed by atoms with Crippen LogP contribution in [0.1, 0.15) is 53.5 Å². The normalized spacial score (nSPS) is 12.0. The Bertz CT molecular complexity index is 484. The van der Waals surface area contributed by atoms with Gasteiger partial charge in [-0.05, 0) is 60.7 Å². The van der Waals surface area contributed by atoms with Crippen LogP contribution in [0.5, 0.6) is 5.75 Å². The minimum absolute atomic E-state index is 0. The van der Waals surface area contributed by atoms with Crippen molar-refractivity contribution in [3.05, 3.63) is 26.6 Å². The topological polar surface area (TPSA) is 21.3 Å². The maximum absolute atomic E-state index is 5.78. The molecule has 0 radical (unpaired) electrons. The van der Waals surface area contributed by atoms with Crippen LogP contribution in [-0.2, 0) is 6.54 Å². The average molecular weight is 458 g/mol. The van der Waals surface area contributed by atoms with Crippen LogP contribution in [0.15, 0.2) is 21.1 Å². The van der Waals surface area contributed by atoms with Crippen molar-refractivity contribution in [2.75, 3.05) is 6.61 Å². The van der Waals surface area contributed by atoms with Crippen LogP contribution >= 0.6 is 44.3 Å². The molecule has 0 aliphatic heterocycles. The molecule has 0 fully saturated rings. The second kappa shape index (κ2) is 8.91. The highest BCUT2D eigenvalue weighted by atomic mass is 79.9. The Hall–Kier alpha value is 0.230. The van der Waals surface area contributed by atoms with Gasteiger partial charge in [0.15, 0.2) is 0 Å². The lowest BCUT2D eigenvalue weighted by Crippen LogP contribution is -2.41. The summed E-state index contributed by atoms with van der Waals surface area (Å²) in [4.78, 5) is 0. The first kappa shape index (κ1) is 22.2. The fourth-order valence-electron chi connectivity index (χ4n) is 2.77. The molecule has 2 nitrogen and oxygen atoms in total. The summed E-state index contributed by atoms with van der Waals surface area (Å²) in [6, 6.07) is 4.14. The number of hydrogen-bond acceptors (Lipinski definition) is 2. The highest BCUT2D eigenvalue weighted by Gasteiger charge is 2.25. The zero-order chi connectivity index (χ0) is 16.3. The zero-order valence-corrected chi connectivity index (χ0v) is 18.3. The molecule has 1 aromatic carbocycles. The molecular weight excluding hydrogens is 429 g/mol. The van der Waals surface area contributed by atoms with E-state index >= 15 is 0 Å².